The first-order chi connectivity index (χ1) is 6.24. The Morgan fingerprint density at radius 1 is 1.46 bits per heavy atom. The molecule has 0 saturated heterocycles. The second-order valence-electron chi connectivity index (χ2n) is 3.09. The molecule has 0 fully saturated rings. The number of phenolic OH excluding ortho intramolecular Hbond substituents is 1. The van der Waals surface area contributed by atoms with Gasteiger partial charge in [-0.2, -0.15) is 0 Å². The lowest BCUT2D eigenvalue weighted by Crippen LogP contribution is -1.95. The first kappa shape index (κ1) is 9.78. The highest BCUT2D eigenvalue weighted by atomic mass is 16.3. The summed E-state index contributed by atoms with van der Waals surface area (Å²) in [7, 11) is 0. The minimum Gasteiger partial charge on any atom is -0.507 e. The summed E-state index contributed by atoms with van der Waals surface area (Å²) in [5.41, 5.74) is 0.780. The summed E-state index contributed by atoms with van der Waals surface area (Å²) in [5.74, 6) is 0.287. The number of para-hydroxylation sites is 1. The van der Waals surface area contributed by atoms with Gasteiger partial charge < -0.3 is 5.11 Å². The smallest absolute Gasteiger partial charge is 0.124 e. The largest absolute Gasteiger partial charge is 0.507 e. The van der Waals surface area contributed by atoms with Gasteiger partial charge >= 0.3 is 0 Å². The molecule has 1 unspecified atom stereocenters. The highest BCUT2D eigenvalue weighted by molar-refractivity contribution is 5.83. The van der Waals surface area contributed by atoms with Crippen molar-refractivity contribution in [1.82, 2.24) is 0 Å². The minimum absolute atomic E-state index is 0.287. The molecule has 13 heavy (non-hydrogen) atoms. The summed E-state index contributed by atoms with van der Waals surface area (Å²) in [4.78, 5) is 4.29. The van der Waals surface area contributed by atoms with Crippen molar-refractivity contribution in [3.8, 4) is 5.75 Å². The number of rotatable bonds is 3. The SMILES string of the molecule is CCC(C)/N=C/c1ccccc1O. The zero-order valence-corrected chi connectivity index (χ0v) is 8.07. The Morgan fingerprint density at radius 3 is 2.77 bits per heavy atom. The fourth-order valence-corrected chi connectivity index (χ4v) is 0.910. The first-order valence-corrected chi connectivity index (χ1v) is 4.55. The van der Waals surface area contributed by atoms with Gasteiger partial charge in [0.2, 0.25) is 0 Å². The van der Waals surface area contributed by atoms with Crippen molar-refractivity contribution in [2.45, 2.75) is 26.3 Å². The molecule has 1 rings (SSSR count). The molecule has 0 aliphatic rings. The van der Waals surface area contributed by atoms with Gasteiger partial charge in [-0.25, -0.2) is 0 Å². The summed E-state index contributed by atoms with van der Waals surface area (Å²) < 4.78 is 0. The molecule has 70 valence electrons. The molecule has 0 bridgehead atoms. The summed E-state index contributed by atoms with van der Waals surface area (Å²) in [6.07, 6.45) is 2.74. The molecule has 1 atom stereocenters. The van der Waals surface area contributed by atoms with Crippen molar-refractivity contribution in [3.63, 3.8) is 0 Å². The highest BCUT2D eigenvalue weighted by Crippen LogP contribution is 2.13. The number of hydrogen-bond donors (Lipinski definition) is 1. The number of phenols is 1. The quantitative estimate of drug-likeness (QED) is 0.707. The molecule has 0 aromatic heterocycles. The monoisotopic (exact) mass is 177 g/mol. The lowest BCUT2D eigenvalue weighted by molar-refractivity contribution is 0.474. The standard InChI is InChI=1S/C11H15NO/c1-3-9(2)12-8-10-6-4-5-7-11(10)13/h4-9,13H,3H2,1-2H3/b12-8+. The molecular formula is C11H15NO. The second kappa shape index (κ2) is 4.65. The molecule has 0 radical (unpaired) electrons. The Labute approximate surface area is 78.9 Å². The van der Waals surface area contributed by atoms with E-state index >= 15 is 0 Å². The van der Waals surface area contributed by atoms with E-state index in [1.165, 1.54) is 0 Å². The van der Waals surface area contributed by atoms with Gasteiger partial charge in [-0.3, -0.25) is 4.99 Å². The average Bonchev–Trinajstić information content (AvgIpc) is 2.16. The van der Waals surface area contributed by atoms with Crippen LogP contribution in [0.15, 0.2) is 29.3 Å². The van der Waals surface area contributed by atoms with Crippen molar-refractivity contribution in [1.29, 1.82) is 0 Å². The van der Waals surface area contributed by atoms with E-state index in [4.69, 9.17) is 0 Å². The van der Waals surface area contributed by atoms with E-state index in [1.807, 2.05) is 12.1 Å². The summed E-state index contributed by atoms with van der Waals surface area (Å²) in [5, 5.41) is 9.40. The number of nitrogens with zero attached hydrogens (tertiary/aromatic N) is 1. The van der Waals surface area contributed by atoms with Crippen LogP contribution in [0.2, 0.25) is 0 Å². The molecule has 2 nitrogen and oxygen atoms in total. The fraction of sp³-hybridized carbons (Fsp3) is 0.364. The van der Waals surface area contributed by atoms with E-state index in [2.05, 4.69) is 18.8 Å². The first-order valence-electron chi connectivity index (χ1n) is 4.55. The highest BCUT2D eigenvalue weighted by Gasteiger charge is 1.96. The normalized spacial score (nSPS) is 13.4. The molecule has 0 saturated carbocycles. The second-order valence-corrected chi connectivity index (χ2v) is 3.09. The van der Waals surface area contributed by atoms with Crippen molar-refractivity contribution < 1.29 is 5.11 Å². The van der Waals surface area contributed by atoms with E-state index in [9.17, 15) is 5.11 Å². The van der Waals surface area contributed by atoms with Crippen LogP contribution in [0, 0.1) is 0 Å². The summed E-state index contributed by atoms with van der Waals surface area (Å²) in [6.45, 7) is 4.14. The predicted octanol–water partition coefficient (Wildman–Crippen LogP) is 2.61. The maximum absolute atomic E-state index is 9.40. The van der Waals surface area contributed by atoms with Gasteiger partial charge in [0.25, 0.3) is 0 Å². The molecule has 1 aromatic carbocycles. The molecule has 0 amide bonds. The zero-order chi connectivity index (χ0) is 9.68. The predicted molar refractivity (Wildman–Crippen MR) is 55.5 cm³/mol. The van der Waals surface area contributed by atoms with E-state index in [0.717, 1.165) is 12.0 Å². The molecule has 2 heteroatoms. The number of aromatic hydroxyl groups is 1. The topological polar surface area (TPSA) is 32.6 Å². The van der Waals surface area contributed by atoms with Crippen LogP contribution >= 0.6 is 0 Å². The summed E-state index contributed by atoms with van der Waals surface area (Å²) in [6, 6.07) is 7.52. The van der Waals surface area contributed by atoms with E-state index < -0.39 is 0 Å². The van der Waals surface area contributed by atoms with Crippen molar-refractivity contribution in [3.05, 3.63) is 29.8 Å². The summed E-state index contributed by atoms with van der Waals surface area (Å²) >= 11 is 0. The average molecular weight is 177 g/mol. The van der Waals surface area contributed by atoms with Crippen LogP contribution in [-0.4, -0.2) is 17.4 Å². The molecule has 0 aliphatic heterocycles. The van der Waals surface area contributed by atoms with Crippen LogP contribution in [0.25, 0.3) is 0 Å². The Balaban J connectivity index is 2.74. The minimum atomic E-state index is 0.287. The van der Waals surface area contributed by atoms with Gasteiger partial charge in [0.15, 0.2) is 0 Å². The lowest BCUT2D eigenvalue weighted by atomic mass is 10.2. The fourth-order valence-electron chi connectivity index (χ4n) is 0.910. The van der Waals surface area contributed by atoms with Crippen LogP contribution in [0.5, 0.6) is 5.75 Å². The lowest BCUT2D eigenvalue weighted by Gasteiger charge is -2.01. The van der Waals surface area contributed by atoms with Crippen molar-refractivity contribution in [2.75, 3.05) is 0 Å². The van der Waals surface area contributed by atoms with Crippen LogP contribution in [0.4, 0.5) is 0 Å². The Bertz CT molecular complexity index is 294. The molecule has 1 N–H and O–H groups in total. The third-order valence-electron chi connectivity index (χ3n) is 2.00. The van der Waals surface area contributed by atoms with E-state index in [0.29, 0.717) is 6.04 Å². The van der Waals surface area contributed by atoms with Gasteiger partial charge in [0.05, 0.1) is 0 Å². The third-order valence-corrected chi connectivity index (χ3v) is 2.00. The van der Waals surface area contributed by atoms with Gasteiger partial charge in [0, 0.05) is 17.8 Å². The molecular weight excluding hydrogens is 162 g/mol. The van der Waals surface area contributed by atoms with E-state index in [-0.39, 0.29) is 5.75 Å². The zero-order valence-electron chi connectivity index (χ0n) is 8.07. The third kappa shape index (κ3) is 2.90. The Hall–Kier alpha value is -1.31. The maximum Gasteiger partial charge on any atom is 0.124 e. The molecule has 0 spiro atoms. The van der Waals surface area contributed by atoms with Crippen LogP contribution < -0.4 is 0 Å². The van der Waals surface area contributed by atoms with Crippen molar-refractivity contribution in [2.24, 2.45) is 4.99 Å². The maximum atomic E-state index is 9.40. The Kier molecular flexibility index (Phi) is 3.50. The Morgan fingerprint density at radius 2 is 2.15 bits per heavy atom. The molecule has 0 heterocycles. The van der Waals surface area contributed by atoms with E-state index in [1.54, 1.807) is 18.3 Å². The molecule has 0 aliphatic carbocycles. The number of benzene rings is 1. The van der Waals surface area contributed by atoms with Gasteiger partial charge in [-0.15, -0.1) is 0 Å². The van der Waals surface area contributed by atoms with Gasteiger partial charge in [0.1, 0.15) is 5.75 Å². The van der Waals surface area contributed by atoms with Crippen molar-refractivity contribution >= 4 is 6.21 Å². The van der Waals surface area contributed by atoms with Crippen LogP contribution in [-0.2, 0) is 0 Å². The van der Waals surface area contributed by atoms with Crippen LogP contribution in [0.1, 0.15) is 25.8 Å². The van der Waals surface area contributed by atoms with Gasteiger partial charge in [-0.1, -0.05) is 19.1 Å². The number of hydrogen-bond acceptors (Lipinski definition) is 2. The number of aliphatic imine (C=N–C) groups is 1. The van der Waals surface area contributed by atoms with Gasteiger partial charge in [-0.05, 0) is 25.5 Å². The van der Waals surface area contributed by atoms with Crippen LogP contribution in [0.3, 0.4) is 0 Å². The molecule has 1 aromatic rings.